The molecule has 2 aliphatic heterocycles. The highest BCUT2D eigenvalue weighted by Gasteiger charge is 2.37. The van der Waals surface area contributed by atoms with E-state index in [4.69, 9.17) is 16.3 Å². The molecule has 3 heterocycles. The van der Waals surface area contributed by atoms with Gasteiger partial charge in [0.1, 0.15) is 30.4 Å². The van der Waals surface area contributed by atoms with E-state index in [1.807, 2.05) is 13.0 Å². The van der Waals surface area contributed by atoms with Crippen LogP contribution in [0.2, 0.25) is 5.02 Å². The van der Waals surface area contributed by atoms with Gasteiger partial charge in [0.15, 0.2) is 0 Å². The number of nitrogens with zero attached hydrogens (tertiary/aromatic N) is 2. The van der Waals surface area contributed by atoms with Gasteiger partial charge in [-0.05, 0) is 78.4 Å². The van der Waals surface area contributed by atoms with Gasteiger partial charge in [-0.25, -0.2) is 8.78 Å². The average Bonchev–Trinajstić information content (AvgIpc) is 3.03. The maximum absolute atomic E-state index is 15.9. The quantitative estimate of drug-likeness (QED) is 0.209. The number of halogens is 6. The summed E-state index contributed by atoms with van der Waals surface area (Å²) in [5, 5.41) is 12.4. The van der Waals surface area contributed by atoms with Crippen molar-refractivity contribution in [2.45, 2.75) is 57.7 Å². The van der Waals surface area contributed by atoms with Gasteiger partial charge in [0.25, 0.3) is 5.56 Å². The van der Waals surface area contributed by atoms with Crippen LogP contribution in [0.4, 0.5) is 22.0 Å². The van der Waals surface area contributed by atoms with E-state index >= 15 is 4.39 Å². The Bertz CT molecular complexity index is 2080. The molecule has 6 rings (SSSR count). The van der Waals surface area contributed by atoms with E-state index in [-0.39, 0.29) is 59.9 Å². The lowest BCUT2D eigenvalue weighted by Crippen LogP contribution is -2.49. The summed E-state index contributed by atoms with van der Waals surface area (Å²) in [6.07, 6.45) is -6.08. The largest absolute Gasteiger partial charge is 0.488 e. The molecule has 1 saturated heterocycles. The second-order valence-electron chi connectivity index (χ2n) is 12.9. The van der Waals surface area contributed by atoms with Crippen LogP contribution >= 0.6 is 11.6 Å². The van der Waals surface area contributed by atoms with Crippen molar-refractivity contribution < 1.29 is 41.4 Å². The second kappa shape index (κ2) is 14.1. The molecule has 0 aliphatic carbocycles. The highest BCUT2D eigenvalue weighted by molar-refractivity contribution is 6.31. The maximum atomic E-state index is 15.9. The molecule has 1 fully saturated rings. The number of likely N-dealkylation sites (tertiary alicyclic amines) is 1. The molecule has 1 aromatic heterocycles. The fourth-order valence-electron chi connectivity index (χ4n) is 6.69. The van der Waals surface area contributed by atoms with Crippen LogP contribution in [0.5, 0.6) is 5.75 Å². The molecule has 51 heavy (non-hydrogen) atoms. The van der Waals surface area contributed by atoms with E-state index in [2.05, 4.69) is 5.32 Å². The van der Waals surface area contributed by atoms with Crippen LogP contribution in [0.15, 0.2) is 65.6 Å². The Hall–Kier alpha value is -4.75. The van der Waals surface area contributed by atoms with E-state index in [9.17, 15) is 37.1 Å². The molecular weight excluding hydrogens is 697 g/mol. The summed E-state index contributed by atoms with van der Waals surface area (Å²) in [5.74, 6) is -2.75. The molecule has 4 aromatic rings. The predicted octanol–water partition coefficient (Wildman–Crippen LogP) is 6.95. The summed E-state index contributed by atoms with van der Waals surface area (Å²) in [4.78, 5) is 41.8. The molecule has 3 aromatic carbocycles. The molecule has 8 nitrogen and oxygen atoms in total. The number of pyridine rings is 1. The number of rotatable bonds is 6. The van der Waals surface area contributed by atoms with Crippen LogP contribution < -0.4 is 15.6 Å². The summed E-state index contributed by atoms with van der Waals surface area (Å²) < 4.78 is 79.1. The van der Waals surface area contributed by atoms with Gasteiger partial charge in [-0.1, -0.05) is 29.8 Å². The van der Waals surface area contributed by atoms with Crippen LogP contribution in [0, 0.1) is 19.7 Å². The minimum absolute atomic E-state index is 0.00657. The number of aryl methyl sites for hydroxylation is 2. The molecule has 2 N–H and O–H groups in total. The first-order valence-electron chi connectivity index (χ1n) is 16.1. The van der Waals surface area contributed by atoms with Crippen LogP contribution in [-0.2, 0) is 28.8 Å². The molecule has 1 amide bonds. The molecule has 0 saturated carbocycles. The minimum Gasteiger partial charge on any atom is -0.488 e. The topological polar surface area (TPSA) is 101 Å². The minimum atomic E-state index is -4.92. The fourth-order valence-corrected chi connectivity index (χ4v) is 6.91. The van der Waals surface area contributed by atoms with Gasteiger partial charge < -0.3 is 15.2 Å². The van der Waals surface area contributed by atoms with E-state index in [0.29, 0.717) is 28.5 Å². The molecule has 2 aliphatic rings. The number of amides is 1. The summed E-state index contributed by atoms with van der Waals surface area (Å²) in [6.45, 7) is 3.45. The van der Waals surface area contributed by atoms with Gasteiger partial charge in [0.05, 0.1) is 18.0 Å². The summed E-state index contributed by atoms with van der Waals surface area (Å²) in [6, 6.07) is 10.1. The number of fused-ring (bicyclic) bond motifs is 6. The van der Waals surface area contributed by atoms with Gasteiger partial charge in [0.2, 0.25) is 5.91 Å². The van der Waals surface area contributed by atoms with E-state index in [1.165, 1.54) is 25.1 Å². The highest BCUT2D eigenvalue weighted by Crippen LogP contribution is 2.39. The van der Waals surface area contributed by atoms with Gasteiger partial charge in [-0.15, -0.1) is 0 Å². The lowest BCUT2D eigenvalue weighted by Gasteiger charge is -2.34. The number of aliphatic carboxylic acids is 1. The molecule has 0 spiro atoms. The first kappa shape index (κ1) is 36.1. The number of alkyl halides is 4. The normalized spacial score (nSPS) is 18.2. The van der Waals surface area contributed by atoms with Crippen molar-refractivity contribution in [2.75, 3.05) is 19.6 Å². The van der Waals surface area contributed by atoms with Gasteiger partial charge in [0, 0.05) is 53.6 Å². The number of carboxylic acid groups (broad SMARTS) is 1. The maximum Gasteiger partial charge on any atom is 0.416 e. The number of carbonyl (C=O) groups excluding carboxylic acids is 1. The van der Waals surface area contributed by atoms with E-state index < -0.39 is 59.7 Å². The Labute approximate surface area is 294 Å². The van der Waals surface area contributed by atoms with Crippen molar-refractivity contribution in [3.8, 4) is 16.9 Å². The van der Waals surface area contributed by atoms with Crippen LogP contribution in [0.25, 0.3) is 11.1 Å². The van der Waals surface area contributed by atoms with Crippen molar-refractivity contribution in [3.63, 3.8) is 0 Å². The highest BCUT2D eigenvalue weighted by atomic mass is 35.5. The summed E-state index contributed by atoms with van der Waals surface area (Å²) in [7, 11) is 0. The molecule has 268 valence electrons. The van der Waals surface area contributed by atoms with Crippen molar-refractivity contribution in [2.24, 2.45) is 0 Å². The monoisotopic (exact) mass is 729 g/mol. The van der Waals surface area contributed by atoms with Crippen molar-refractivity contribution in [1.29, 1.82) is 0 Å². The Morgan fingerprint density at radius 3 is 2.47 bits per heavy atom. The molecule has 4 bridgehead atoms. The van der Waals surface area contributed by atoms with Gasteiger partial charge in [-0.2, -0.15) is 13.2 Å². The Morgan fingerprint density at radius 2 is 1.78 bits per heavy atom. The third kappa shape index (κ3) is 7.50. The molecular formula is C37H33ClF5N3O5. The van der Waals surface area contributed by atoms with Crippen LogP contribution in [0.3, 0.4) is 0 Å². The van der Waals surface area contributed by atoms with Gasteiger partial charge >= 0.3 is 12.1 Å². The number of benzene rings is 3. The molecule has 14 heteroatoms. The number of hydrogen-bond donors (Lipinski definition) is 2. The van der Waals surface area contributed by atoms with E-state index in [1.54, 1.807) is 29.2 Å². The zero-order valence-corrected chi connectivity index (χ0v) is 28.2. The predicted molar refractivity (Wildman–Crippen MR) is 179 cm³/mol. The zero-order chi connectivity index (χ0) is 36.8. The third-order valence-corrected chi connectivity index (χ3v) is 9.58. The number of hydrogen-bond acceptors (Lipinski definition) is 5. The van der Waals surface area contributed by atoms with Crippen LogP contribution in [0.1, 0.15) is 57.4 Å². The Morgan fingerprint density at radius 1 is 1.04 bits per heavy atom. The smallest absolute Gasteiger partial charge is 0.416 e. The van der Waals surface area contributed by atoms with Gasteiger partial charge in [-0.3, -0.25) is 23.9 Å². The number of nitrogens with one attached hydrogen (secondary N) is 1. The fraction of sp³-hybridized carbons (Fsp3) is 0.324. The standard InChI is InChI=1S/C37H33ClF5N3O5/c1-19-4-3-5-30-33(19)23-10-20(2)34(40)26(12-23)29(14-32(48)49)44-36(50)35(25-11-21(18-51-30)6-7-28(25)38)46-15-22(8-9-45-16-24(39)17-45)27(13-31(46)47)37(41,42)43/h3-7,10-13,15,24,29,35H,8-9,14,16-18H2,1-2H3,(H,44,50)(H,48,49). The number of aromatic nitrogens is 1. The number of carboxylic acids is 1. The molecule has 0 radical (unpaired) electrons. The van der Waals surface area contributed by atoms with Crippen molar-refractivity contribution >= 4 is 23.5 Å². The first-order chi connectivity index (χ1) is 24.1. The number of ether oxygens (including phenoxy) is 1. The Kier molecular flexibility index (Phi) is 9.97. The average molecular weight is 730 g/mol. The lowest BCUT2D eigenvalue weighted by molar-refractivity contribution is -0.139. The van der Waals surface area contributed by atoms with Crippen LogP contribution in [-0.4, -0.2) is 52.3 Å². The third-order valence-electron chi connectivity index (χ3n) is 9.23. The summed E-state index contributed by atoms with van der Waals surface area (Å²) >= 11 is 6.64. The number of carbonyl (C=O) groups is 2. The Balaban J connectivity index is 1.56. The second-order valence-corrected chi connectivity index (χ2v) is 13.3. The van der Waals surface area contributed by atoms with Crippen molar-refractivity contribution in [1.82, 2.24) is 14.8 Å². The SMILES string of the molecule is Cc1cc2cc(c1F)C(CC(=O)O)NC(=O)C(n1cc(CCN3CC(F)C3)c(C(F)(F)F)cc1=O)c1cc(ccc1Cl)COc1cccc(C)c1-2. The lowest BCUT2D eigenvalue weighted by atomic mass is 9.91. The van der Waals surface area contributed by atoms with Crippen molar-refractivity contribution in [3.05, 3.63) is 121 Å². The molecule has 2 unspecified atom stereocenters. The molecule has 2 atom stereocenters. The zero-order valence-electron chi connectivity index (χ0n) is 27.5. The van der Waals surface area contributed by atoms with E-state index in [0.717, 1.165) is 16.3 Å². The summed E-state index contributed by atoms with van der Waals surface area (Å²) in [5.41, 5.74) is -0.328. The first-order valence-corrected chi connectivity index (χ1v) is 16.5.